The van der Waals surface area contributed by atoms with Crippen molar-refractivity contribution < 1.29 is 4.79 Å². The molecule has 1 amide bonds. The van der Waals surface area contributed by atoms with E-state index in [0.29, 0.717) is 13.0 Å². The number of rotatable bonds is 6. The van der Waals surface area contributed by atoms with Gasteiger partial charge in [-0.2, -0.15) is 5.10 Å². The number of hydrogen-bond donors (Lipinski definition) is 1. The number of carbonyl (C=O) groups is 1. The van der Waals surface area contributed by atoms with Crippen LogP contribution in [0.4, 0.5) is 0 Å². The van der Waals surface area contributed by atoms with Crippen molar-refractivity contribution >= 4 is 5.91 Å². The Morgan fingerprint density at radius 1 is 1.00 bits per heavy atom. The molecular weight excluding hydrogens is 298 g/mol. The molecule has 0 spiro atoms. The molecule has 4 heteroatoms. The van der Waals surface area contributed by atoms with E-state index in [4.69, 9.17) is 0 Å². The second-order valence-corrected chi connectivity index (χ2v) is 5.97. The second kappa shape index (κ2) is 7.59. The minimum Gasteiger partial charge on any atom is -0.352 e. The van der Waals surface area contributed by atoms with Crippen LogP contribution < -0.4 is 5.32 Å². The third-order valence-electron chi connectivity index (χ3n) is 3.85. The summed E-state index contributed by atoms with van der Waals surface area (Å²) in [5.41, 5.74) is 4.43. The quantitative estimate of drug-likeness (QED) is 0.759. The molecule has 122 valence electrons. The predicted molar refractivity (Wildman–Crippen MR) is 94.5 cm³/mol. The van der Waals surface area contributed by atoms with E-state index in [-0.39, 0.29) is 5.91 Å². The van der Waals surface area contributed by atoms with Crippen LogP contribution in [-0.2, 0) is 24.3 Å². The minimum atomic E-state index is 0.0228. The smallest absolute Gasteiger partial charge is 0.224 e. The van der Waals surface area contributed by atoms with E-state index in [2.05, 4.69) is 22.5 Å². The van der Waals surface area contributed by atoms with Crippen LogP contribution in [0.3, 0.4) is 0 Å². The first-order valence-corrected chi connectivity index (χ1v) is 8.06. The standard InChI is InChI=1S/C20H21N3O/c1-16-7-9-17(10-8-16)11-20(24)21-12-19-13-22-23(15-19)14-18-5-3-2-4-6-18/h2-10,13,15H,11-12,14H2,1H3,(H,21,24). The molecular formula is C20H21N3O. The summed E-state index contributed by atoms with van der Waals surface area (Å²) in [6.45, 7) is 3.27. The van der Waals surface area contributed by atoms with Crippen LogP contribution in [0.2, 0.25) is 0 Å². The first-order valence-electron chi connectivity index (χ1n) is 8.06. The minimum absolute atomic E-state index is 0.0228. The molecule has 1 N–H and O–H groups in total. The van der Waals surface area contributed by atoms with Crippen molar-refractivity contribution in [3.63, 3.8) is 0 Å². The Morgan fingerprint density at radius 2 is 1.75 bits per heavy atom. The van der Waals surface area contributed by atoms with E-state index in [9.17, 15) is 4.79 Å². The van der Waals surface area contributed by atoms with Gasteiger partial charge in [-0.05, 0) is 18.1 Å². The number of aromatic nitrogens is 2. The van der Waals surface area contributed by atoms with E-state index in [1.807, 2.05) is 60.3 Å². The Kier molecular flexibility index (Phi) is 5.06. The fourth-order valence-electron chi connectivity index (χ4n) is 2.51. The lowest BCUT2D eigenvalue weighted by atomic mass is 10.1. The van der Waals surface area contributed by atoms with E-state index in [1.165, 1.54) is 11.1 Å². The molecule has 0 aliphatic rings. The molecule has 4 nitrogen and oxygen atoms in total. The van der Waals surface area contributed by atoms with Gasteiger partial charge in [0.2, 0.25) is 5.91 Å². The number of amides is 1. The van der Waals surface area contributed by atoms with Gasteiger partial charge in [0.25, 0.3) is 0 Å². The predicted octanol–water partition coefficient (Wildman–Crippen LogP) is 3.10. The molecule has 0 aliphatic carbocycles. The fourth-order valence-corrected chi connectivity index (χ4v) is 2.51. The Labute approximate surface area is 142 Å². The zero-order valence-electron chi connectivity index (χ0n) is 13.8. The van der Waals surface area contributed by atoms with Gasteiger partial charge in [-0.3, -0.25) is 9.48 Å². The maximum absolute atomic E-state index is 12.0. The number of carbonyl (C=O) groups excluding carboxylic acids is 1. The average molecular weight is 319 g/mol. The number of hydrogen-bond acceptors (Lipinski definition) is 2. The van der Waals surface area contributed by atoms with Crippen molar-refractivity contribution in [2.75, 3.05) is 0 Å². The molecule has 0 saturated carbocycles. The largest absolute Gasteiger partial charge is 0.352 e. The number of benzene rings is 2. The summed E-state index contributed by atoms with van der Waals surface area (Å²) in [5, 5.41) is 7.30. The Morgan fingerprint density at radius 3 is 2.50 bits per heavy atom. The number of aryl methyl sites for hydroxylation is 1. The molecule has 3 rings (SSSR count). The lowest BCUT2D eigenvalue weighted by Gasteiger charge is -2.04. The highest BCUT2D eigenvalue weighted by Crippen LogP contribution is 2.06. The average Bonchev–Trinajstić information content (AvgIpc) is 3.03. The molecule has 1 heterocycles. The maximum Gasteiger partial charge on any atom is 0.224 e. The molecule has 0 atom stereocenters. The summed E-state index contributed by atoms with van der Waals surface area (Å²) >= 11 is 0. The molecule has 0 unspecified atom stereocenters. The number of nitrogens with one attached hydrogen (secondary N) is 1. The number of nitrogens with zero attached hydrogens (tertiary/aromatic N) is 2. The Bertz CT molecular complexity index is 791. The Hall–Kier alpha value is -2.88. The van der Waals surface area contributed by atoms with Crippen LogP contribution in [0.1, 0.15) is 22.3 Å². The van der Waals surface area contributed by atoms with E-state index >= 15 is 0 Å². The molecule has 2 aromatic carbocycles. The van der Waals surface area contributed by atoms with E-state index < -0.39 is 0 Å². The molecule has 1 aromatic heterocycles. The molecule has 3 aromatic rings. The molecule has 0 aliphatic heterocycles. The van der Waals surface area contributed by atoms with Gasteiger partial charge in [0.15, 0.2) is 0 Å². The normalized spacial score (nSPS) is 10.5. The van der Waals surface area contributed by atoms with Crippen molar-refractivity contribution in [1.82, 2.24) is 15.1 Å². The van der Waals surface area contributed by atoms with Gasteiger partial charge in [0.1, 0.15) is 0 Å². The third-order valence-corrected chi connectivity index (χ3v) is 3.85. The highest BCUT2D eigenvalue weighted by Gasteiger charge is 2.05. The molecule has 0 fully saturated rings. The Balaban J connectivity index is 1.50. The summed E-state index contributed by atoms with van der Waals surface area (Å²) < 4.78 is 1.89. The van der Waals surface area contributed by atoms with Crippen molar-refractivity contribution in [1.29, 1.82) is 0 Å². The summed E-state index contributed by atoms with van der Waals surface area (Å²) in [7, 11) is 0. The monoisotopic (exact) mass is 319 g/mol. The fraction of sp³-hybridized carbons (Fsp3) is 0.200. The molecule has 0 radical (unpaired) electrons. The van der Waals surface area contributed by atoms with Gasteiger partial charge in [0, 0.05) is 18.3 Å². The summed E-state index contributed by atoms with van der Waals surface area (Å²) in [5.74, 6) is 0.0228. The summed E-state index contributed by atoms with van der Waals surface area (Å²) in [6, 6.07) is 18.2. The summed E-state index contributed by atoms with van der Waals surface area (Å²) in [6.07, 6.45) is 4.17. The third kappa shape index (κ3) is 4.56. The van der Waals surface area contributed by atoms with Crippen LogP contribution in [0.25, 0.3) is 0 Å². The molecule has 24 heavy (non-hydrogen) atoms. The summed E-state index contributed by atoms with van der Waals surface area (Å²) in [4.78, 5) is 12.0. The van der Waals surface area contributed by atoms with Gasteiger partial charge < -0.3 is 5.32 Å². The van der Waals surface area contributed by atoms with Crippen LogP contribution in [-0.4, -0.2) is 15.7 Å². The maximum atomic E-state index is 12.0. The zero-order valence-corrected chi connectivity index (χ0v) is 13.8. The van der Waals surface area contributed by atoms with Crippen molar-refractivity contribution in [2.24, 2.45) is 0 Å². The van der Waals surface area contributed by atoms with Gasteiger partial charge in [-0.1, -0.05) is 60.2 Å². The van der Waals surface area contributed by atoms with Crippen molar-refractivity contribution in [2.45, 2.75) is 26.4 Å². The van der Waals surface area contributed by atoms with Crippen LogP contribution in [0, 0.1) is 6.92 Å². The topological polar surface area (TPSA) is 46.9 Å². The lowest BCUT2D eigenvalue weighted by molar-refractivity contribution is -0.120. The van der Waals surface area contributed by atoms with E-state index in [1.54, 1.807) is 6.20 Å². The van der Waals surface area contributed by atoms with Crippen LogP contribution >= 0.6 is 0 Å². The first-order chi connectivity index (χ1) is 11.7. The van der Waals surface area contributed by atoms with Gasteiger partial charge in [-0.25, -0.2) is 0 Å². The zero-order chi connectivity index (χ0) is 16.8. The van der Waals surface area contributed by atoms with Gasteiger partial charge >= 0.3 is 0 Å². The van der Waals surface area contributed by atoms with Gasteiger partial charge in [-0.15, -0.1) is 0 Å². The molecule has 0 saturated heterocycles. The van der Waals surface area contributed by atoms with E-state index in [0.717, 1.165) is 17.7 Å². The highest BCUT2D eigenvalue weighted by atomic mass is 16.1. The van der Waals surface area contributed by atoms with Gasteiger partial charge in [0.05, 0.1) is 19.2 Å². The van der Waals surface area contributed by atoms with Crippen LogP contribution in [0.15, 0.2) is 67.0 Å². The van der Waals surface area contributed by atoms with Crippen LogP contribution in [0.5, 0.6) is 0 Å². The molecule has 0 bridgehead atoms. The second-order valence-electron chi connectivity index (χ2n) is 5.97. The van der Waals surface area contributed by atoms with Crippen molar-refractivity contribution in [3.8, 4) is 0 Å². The first kappa shape index (κ1) is 16.0. The SMILES string of the molecule is Cc1ccc(CC(=O)NCc2cnn(Cc3ccccc3)c2)cc1. The van der Waals surface area contributed by atoms with Crippen molar-refractivity contribution in [3.05, 3.63) is 89.2 Å². The lowest BCUT2D eigenvalue weighted by Crippen LogP contribution is -2.24. The highest BCUT2D eigenvalue weighted by molar-refractivity contribution is 5.78.